The fourth-order valence-electron chi connectivity index (χ4n) is 1.72. The molecule has 2 heteroatoms. The molecule has 0 saturated carbocycles. The Morgan fingerprint density at radius 3 is 2.00 bits per heavy atom. The summed E-state index contributed by atoms with van der Waals surface area (Å²) in [4.78, 5) is 0. The van der Waals surface area contributed by atoms with Crippen LogP contribution in [0.1, 0.15) is 50.3 Å². The zero-order valence-electron chi connectivity index (χ0n) is 11.6. The van der Waals surface area contributed by atoms with Gasteiger partial charge in [-0.15, -0.1) is 0 Å². The molecular weight excluding hydrogens is 244 g/mol. The SMILES string of the molecule is CSCc1cc(CSC(C)C)cc(C(C)C)c1. The van der Waals surface area contributed by atoms with Crippen LogP contribution < -0.4 is 0 Å². The normalized spacial score (nSPS) is 11.5. The standard InChI is InChI=1S/C15H24S2/c1-11(2)15-7-13(9-16-5)6-14(8-15)10-17-12(3)4/h6-8,11-12H,9-10H2,1-5H3. The average Bonchev–Trinajstić information content (AvgIpc) is 2.26. The first-order chi connectivity index (χ1) is 8.02. The average molecular weight is 268 g/mol. The molecule has 96 valence electrons. The number of rotatable bonds is 6. The van der Waals surface area contributed by atoms with Gasteiger partial charge in [-0.2, -0.15) is 23.5 Å². The highest BCUT2D eigenvalue weighted by molar-refractivity contribution is 7.99. The lowest BCUT2D eigenvalue weighted by Crippen LogP contribution is -1.95. The van der Waals surface area contributed by atoms with Crippen molar-refractivity contribution in [3.8, 4) is 0 Å². The summed E-state index contributed by atoms with van der Waals surface area (Å²) in [6.07, 6.45) is 2.17. The Morgan fingerprint density at radius 2 is 1.53 bits per heavy atom. The number of hydrogen-bond donors (Lipinski definition) is 0. The first kappa shape index (κ1) is 15.0. The maximum absolute atomic E-state index is 2.38. The van der Waals surface area contributed by atoms with E-state index in [1.807, 2.05) is 23.5 Å². The van der Waals surface area contributed by atoms with Gasteiger partial charge in [0, 0.05) is 11.5 Å². The second-order valence-electron chi connectivity index (χ2n) is 5.03. The molecule has 0 nitrogen and oxygen atoms in total. The van der Waals surface area contributed by atoms with E-state index in [-0.39, 0.29) is 0 Å². The quantitative estimate of drug-likeness (QED) is 0.685. The van der Waals surface area contributed by atoms with Gasteiger partial charge >= 0.3 is 0 Å². The number of hydrogen-bond acceptors (Lipinski definition) is 2. The van der Waals surface area contributed by atoms with E-state index in [1.165, 1.54) is 16.7 Å². The van der Waals surface area contributed by atoms with Crippen molar-refractivity contribution >= 4 is 23.5 Å². The summed E-state index contributed by atoms with van der Waals surface area (Å²) >= 11 is 3.93. The lowest BCUT2D eigenvalue weighted by Gasteiger charge is -2.12. The summed E-state index contributed by atoms with van der Waals surface area (Å²) in [6.45, 7) is 9.08. The predicted octanol–water partition coefficient (Wildman–Crippen LogP) is 5.31. The third kappa shape index (κ3) is 5.39. The maximum atomic E-state index is 2.38. The predicted molar refractivity (Wildman–Crippen MR) is 84.2 cm³/mol. The minimum atomic E-state index is 0.625. The first-order valence-corrected chi connectivity index (χ1v) is 8.70. The fraction of sp³-hybridized carbons (Fsp3) is 0.600. The van der Waals surface area contributed by atoms with Gasteiger partial charge in [-0.1, -0.05) is 45.9 Å². The highest BCUT2D eigenvalue weighted by Crippen LogP contribution is 2.24. The molecule has 0 radical (unpaired) electrons. The summed E-state index contributed by atoms with van der Waals surface area (Å²) in [5.41, 5.74) is 4.44. The molecule has 0 aliphatic carbocycles. The van der Waals surface area contributed by atoms with Crippen molar-refractivity contribution < 1.29 is 0 Å². The smallest absolute Gasteiger partial charge is 0.0187 e. The van der Waals surface area contributed by atoms with Crippen molar-refractivity contribution in [3.05, 3.63) is 34.9 Å². The molecule has 0 amide bonds. The minimum absolute atomic E-state index is 0.625. The van der Waals surface area contributed by atoms with Gasteiger partial charge in [0.15, 0.2) is 0 Å². The number of thioether (sulfide) groups is 2. The van der Waals surface area contributed by atoms with E-state index in [1.54, 1.807) is 0 Å². The highest BCUT2D eigenvalue weighted by Gasteiger charge is 2.05. The van der Waals surface area contributed by atoms with Crippen molar-refractivity contribution in [2.24, 2.45) is 0 Å². The van der Waals surface area contributed by atoms with Crippen LogP contribution in [0.5, 0.6) is 0 Å². The molecule has 0 aromatic heterocycles. The van der Waals surface area contributed by atoms with Gasteiger partial charge in [0.05, 0.1) is 0 Å². The Hall–Kier alpha value is -0.0800. The van der Waals surface area contributed by atoms with Crippen LogP contribution in [0.25, 0.3) is 0 Å². The van der Waals surface area contributed by atoms with Crippen molar-refractivity contribution in [2.45, 2.75) is 50.4 Å². The maximum Gasteiger partial charge on any atom is 0.0187 e. The van der Waals surface area contributed by atoms with Crippen LogP contribution in [0.15, 0.2) is 18.2 Å². The topological polar surface area (TPSA) is 0 Å². The van der Waals surface area contributed by atoms with Gasteiger partial charge in [-0.25, -0.2) is 0 Å². The Kier molecular flexibility index (Phi) is 6.50. The van der Waals surface area contributed by atoms with E-state index in [9.17, 15) is 0 Å². The Morgan fingerprint density at radius 1 is 0.941 bits per heavy atom. The van der Waals surface area contributed by atoms with E-state index in [0.29, 0.717) is 11.2 Å². The van der Waals surface area contributed by atoms with Crippen molar-refractivity contribution in [3.63, 3.8) is 0 Å². The Balaban J connectivity index is 2.87. The van der Waals surface area contributed by atoms with E-state index < -0.39 is 0 Å². The Labute approximate surface area is 115 Å². The zero-order valence-corrected chi connectivity index (χ0v) is 13.3. The molecule has 1 rings (SSSR count). The molecule has 0 unspecified atom stereocenters. The van der Waals surface area contributed by atoms with E-state index in [2.05, 4.69) is 52.1 Å². The summed E-state index contributed by atoms with van der Waals surface area (Å²) in [5, 5.41) is 0.710. The van der Waals surface area contributed by atoms with Crippen LogP contribution in [-0.4, -0.2) is 11.5 Å². The van der Waals surface area contributed by atoms with Gasteiger partial charge in [0.2, 0.25) is 0 Å². The van der Waals surface area contributed by atoms with E-state index in [4.69, 9.17) is 0 Å². The molecule has 0 bridgehead atoms. The fourth-order valence-corrected chi connectivity index (χ4v) is 2.91. The third-order valence-electron chi connectivity index (χ3n) is 2.64. The van der Waals surface area contributed by atoms with Crippen LogP contribution in [-0.2, 0) is 11.5 Å². The molecule has 1 aromatic carbocycles. The lowest BCUT2D eigenvalue weighted by atomic mass is 9.99. The molecule has 0 fully saturated rings. The van der Waals surface area contributed by atoms with Gasteiger partial charge < -0.3 is 0 Å². The van der Waals surface area contributed by atoms with E-state index >= 15 is 0 Å². The van der Waals surface area contributed by atoms with Crippen LogP contribution in [0.3, 0.4) is 0 Å². The highest BCUT2D eigenvalue weighted by atomic mass is 32.2. The van der Waals surface area contributed by atoms with Gasteiger partial charge in [-0.05, 0) is 34.1 Å². The van der Waals surface area contributed by atoms with Gasteiger partial charge in [0.1, 0.15) is 0 Å². The second-order valence-corrected chi connectivity index (χ2v) is 7.46. The first-order valence-electron chi connectivity index (χ1n) is 6.26. The summed E-state index contributed by atoms with van der Waals surface area (Å²) in [6, 6.07) is 7.12. The summed E-state index contributed by atoms with van der Waals surface area (Å²) < 4.78 is 0. The molecule has 0 N–H and O–H groups in total. The minimum Gasteiger partial charge on any atom is -0.161 e. The van der Waals surface area contributed by atoms with Crippen molar-refractivity contribution in [2.75, 3.05) is 6.26 Å². The largest absolute Gasteiger partial charge is 0.161 e. The lowest BCUT2D eigenvalue weighted by molar-refractivity contribution is 0.862. The zero-order chi connectivity index (χ0) is 12.8. The van der Waals surface area contributed by atoms with Crippen LogP contribution >= 0.6 is 23.5 Å². The van der Waals surface area contributed by atoms with Crippen molar-refractivity contribution in [1.29, 1.82) is 0 Å². The monoisotopic (exact) mass is 268 g/mol. The summed E-state index contributed by atoms with van der Waals surface area (Å²) in [7, 11) is 0. The van der Waals surface area contributed by atoms with Crippen LogP contribution in [0, 0.1) is 0 Å². The molecule has 0 atom stereocenters. The molecule has 0 aliphatic rings. The molecule has 17 heavy (non-hydrogen) atoms. The van der Waals surface area contributed by atoms with Crippen LogP contribution in [0.2, 0.25) is 0 Å². The van der Waals surface area contributed by atoms with E-state index in [0.717, 1.165) is 11.5 Å². The molecule has 1 aromatic rings. The second kappa shape index (κ2) is 7.38. The third-order valence-corrected chi connectivity index (χ3v) is 4.42. The molecular formula is C15H24S2. The van der Waals surface area contributed by atoms with Gasteiger partial charge in [0.25, 0.3) is 0 Å². The molecule has 0 heterocycles. The Bertz CT molecular complexity index is 343. The molecule has 0 saturated heterocycles. The summed E-state index contributed by atoms with van der Waals surface area (Å²) in [5.74, 6) is 2.89. The van der Waals surface area contributed by atoms with Crippen molar-refractivity contribution in [1.82, 2.24) is 0 Å². The van der Waals surface area contributed by atoms with Crippen LogP contribution in [0.4, 0.5) is 0 Å². The molecule has 0 spiro atoms. The van der Waals surface area contributed by atoms with Gasteiger partial charge in [-0.3, -0.25) is 0 Å². The number of benzene rings is 1. The molecule has 0 aliphatic heterocycles.